The molecule has 0 rings (SSSR count). The summed E-state index contributed by atoms with van der Waals surface area (Å²) in [7, 11) is -9.90. The van der Waals surface area contributed by atoms with Crippen molar-refractivity contribution in [1.82, 2.24) is 0 Å². The van der Waals surface area contributed by atoms with Gasteiger partial charge in [0.15, 0.2) is 12.2 Å². The van der Waals surface area contributed by atoms with Crippen LogP contribution in [0.3, 0.4) is 0 Å². The van der Waals surface area contributed by atoms with Gasteiger partial charge in [0.2, 0.25) is 0 Å². The van der Waals surface area contributed by atoms with Gasteiger partial charge >= 0.3 is 39.5 Å². The predicted molar refractivity (Wildman–Crippen MR) is 354 cm³/mol. The van der Waals surface area contributed by atoms with Gasteiger partial charge in [0, 0.05) is 25.7 Å². The lowest BCUT2D eigenvalue weighted by molar-refractivity contribution is -0.161. The van der Waals surface area contributed by atoms with Gasteiger partial charge in [-0.25, -0.2) is 9.13 Å². The van der Waals surface area contributed by atoms with Gasteiger partial charge in [-0.2, -0.15) is 0 Å². The number of unbranched alkanes of at least 4 members (excludes halogenated alkanes) is 31. The van der Waals surface area contributed by atoms with Crippen LogP contribution in [-0.4, -0.2) is 96.7 Å². The molecule has 0 radical (unpaired) electrons. The Hall–Kier alpha value is -1.94. The third-order valence-electron chi connectivity index (χ3n) is 16.2. The van der Waals surface area contributed by atoms with Gasteiger partial charge < -0.3 is 33.8 Å². The van der Waals surface area contributed by atoms with E-state index in [4.69, 9.17) is 37.0 Å². The highest BCUT2D eigenvalue weighted by Crippen LogP contribution is 2.45. The Balaban J connectivity index is 5.14. The van der Waals surface area contributed by atoms with E-state index in [2.05, 4.69) is 55.4 Å². The molecular formula is C69H134O17P2. The number of phosphoric ester groups is 2. The fourth-order valence-electron chi connectivity index (χ4n) is 10.3. The molecule has 17 nitrogen and oxygen atoms in total. The molecule has 88 heavy (non-hydrogen) atoms. The summed E-state index contributed by atoms with van der Waals surface area (Å²) in [6.07, 6.45) is 40.8. The van der Waals surface area contributed by atoms with Gasteiger partial charge in [0.05, 0.1) is 26.4 Å². The molecule has 522 valence electrons. The number of hydrogen-bond acceptors (Lipinski definition) is 15. The van der Waals surface area contributed by atoms with Crippen molar-refractivity contribution in [1.29, 1.82) is 0 Å². The Kier molecular flexibility index (Phi) is 57.6. The molecule has 0 fully saturated rings. The number of carbonyl (C=O) groups is 4. The summed E-state index contributed by atoms with van der Waals surface area (Å²) in [6.45, 7) is 14.0. The monoisotopic (exact) mass is 1300 g/mol. The number of phosphoric acid groups is 2. The summed E-state index contributed by atoms with van der Waals surface area (Å²) in [5.41, 5.74) is 0. The van der Waals surface area contributed by atoms with Crippen LogP contribution in [-0.2, 0) is 65.4 Å². The van der Waals surface area contributed by atoms with Crippen LogP contribution >= 0.6 is 15.6 Å². The minimum absolute atomic E-state index is 0.102. The van der Waals surface area contributed by atoms with Gasteiger partial charge in [0.1, 0.15) is 19.3 Å². The fourth-order valence-corrected chi connectivity index (χ4v) is 11.9. The lowest BCUT2D eigenvalue weighted by atomic mass is 10.00. The lowest BCUT2D eigenvalue weighted by Crippen LogP contribution is -2.30. The Morgan fingerprint density at radius 3 is 0.807 bits per heavy atom. The van der Waals surface area contributed by atoms with Gasteiger partial charge in [-0.3, -0.25) is 37.3 Å². The number of aliphatic hydroxyl groups is 1. The van der Waals surface area contributed by atoms with Crippen LogP contribution < -0.4 is 0 Å². The number of ether oxygens (including phenoxy) is 4. The van der Waals surface area contributed by atoms with Crippen molar-refractivity contribution in [2.75, 3.05) is 39.6 Å². The van der Waals surface area contributed by atoms with E-state index >= 15 is 0 Å². The van der Waals surface area contributed by atoms with Crippen LogP contribution in [0.25, 0.3) is 0 Å². The van der Waals surface area contributed by atoms with Gasteiger partial charge in [-0.05, 0) is 49.4 Å². The molecule has 0 heterocycles. The van der Waals surface area contributed by atoms with Gasteiger partial charge in [0.25, 0.3) is 0 Å². The molecule has 6 atom stereocenters. The Bertz CT molecular complexity index is 1750. The highest BCUT2D eigenvalue weighted by atomic mass is 31.2. The average molecular weight is 1300 g/mol. The molecule has 0 spiro atoms. The summed E-state index contributed by atoms with van der Waals surface area (Å²) in [6, 6.07) is 0. The maximum Gasteiger partial charge on any atom is 0.472 e. The first-order valence-corrected chi connectivity index (χ1v) is 38.7. The summed E-state index contributed by atoms with van der Waals surface area (Å²) in [4.78, 5) is 72.4. The summed E-state index contributed by atoms with van der Waals surface area (Å²) in [5, 5.41) is 10.6. The number of hydrogen-bond donors (Lipinski definition) is 3. The molecule has 0 bridgehead atoms. The number of rotatable bonds is 66. The predicted octanol–water partition coefficient (Wildman–Crippen LogP) is 19.3. The Morgan fingerprint density at radius 2 is 0.545 bits per heavy atom. The zero-order chi connectivity index (χ0) is 65.4. The summed E-state index contributed by atoms with van der Waals surface area (Å²) in [5.74, 6) is 0.768. The quantitative estimate of drug-likeness (QED) is 0.0222. The maximum absolute atomic E-state index is 13.0. The third-order valence-corrected chi connectivity index (χ3v) is 18.1. The molecule has 3 N–H and O–H groups in total. The zero-order valence-electron chi connectivity index (χ0n) is 57.3. The topological polar surface area (TPSA) is 237 Å². The van der Waals surface area contributed by atoms with E-state index in [9.17, 15) is 43.2 Å². The summed E-state index contributed by atoms with van der Waals surface area (Å²) < 4.78 is 68.1. The molecule has 0 aliphatic carbocycles. The van der Waals surface area contributed by atoms with Crippen molar-refractivity contribution in [3.63, 3.8) is 0 Å². The van der Waals surface area contributed by atoms with Crippen molar-refractivity contribution in [3.05, 3.63) is 0 Å². The molecular weight excluding hydrogens is 1160 g/mol. The van der Waals surface area contributed by atoms with Crippen LogP contribution in [0.15, 0.2) is 0 Å². The first-order chi connectivity index (χ1) is 42.1. The minimum Gasteiger partial charge on any atom is -0.462 e. The van der Waals surface area contributed by atoms with Gasteiger partial charge in [-0.15, -0.1) is 0 Å². The molecule has 0 amide bonds. The van der Waals surface area contributed by atoms with Crippen LogP contribution in [0.2, 0.25) is 0 Å². The van der Waals surface area contributed by atoms with Crippen molar-refractivity contribution in [2.45, 2.75) is 356 Å². The SMILES string of the molecule is CCC(C)CCCCCCCCC(=O)O[C@H](COC(=O)CCCCCCCCCC(C)C)COP(=O)(O)OCC(O)COP(=O)(O)OC[C@@H](COC(=O)CCCCCCCCCCCCCCCCCCC(C)C)OC(=O)CCCCCCCCC(C)C. The molecule has 4 unspecified atom stereocenters. The Labute approximate surface area is 537 Å². The van der Waals surface area contributed by atoms with E-state index < -0.39 is 97.5 Å². The Morgan fingerprint density at radius 1 is 0.318 bits per heavy atom. The van der Waals surface area contributed by atoms with E-state index in [0.29, 0.717) is 37.5 Å². The average Bonchev–Trinajstić information content (AvgIpc) is 3.58. The van der Waals surface area contributed by atoms with Gasteiger partial charge in [-0.1, -0.05) is 287 Å². The number of esters is 4. The second-order valence-electron chi connectivity index (χ2n) is 26.6. The lowest BCUT2D eigenvalue weighted by Gasteiger charge is -2.21. The van der Waals surface area contributed by atoms with Crippen LogP contribution in [0.4, 0.5) is 0 Å². The highest BCUT2D eigenvalue weighted by Gasteiger charge is 2.30. The molecule has 0 aromatic rings. The molecule has 19 heteroatoms. The van der Waals surface area contributed by atoms with E-state index in [1.807, 2.05) is 0 Å². The third kappa shape index (κ3) is 61.6. The van der Waals surface area contributed by atoms with E-state index in [0.717, 1.165) is 108 Å². The first-order valence-electron chi connectivity index (χ1n) is 35.7. The second kappa shape index (κ2) is 58.8. The summed E-state index contributed by atoms with van der Waals surface area (Å²) >= 11 is 0. The van der Waals surface area contributed by atoms with Crippen LogP contribution in [0.1, 0.15) is 338 Å². The standard InChI is InChI=1S/C69H134O17P2/c1-9-62(8)48-40-32-26-28-36-44-52-69(74)86-65(56-80-67(72)50-42-34-24-20-22-30-38-46-60(4)5)58-84-88(77,78)82-54-63(70)53-81-87(75,76)83-57-64(85-68(73)51-43-35-27-25-31-39-47-61(6)7)55-79-66(71)49-41-33-23-19-17-15-13-11-10-12-14-16-18-21-29-37-45-59(2)3/h59-65,70H,9-58H2,1-8H3,(H,75,76)(H,77,78)/t62?,63?,64-,65-/m1/s1. The molecule has 0 aliphatic heterocycles. The smallest absolute Gasteiger partial charge is 0.462 e. The number of carbonyl (C=O) groups excluding carboxylic acids is 4. The maximum atomic E-state index is 13.0. The van der Waals surface area contributed by atoms with Crippen molar-refractivity contribution < 1.29 is 80.2 Å². The molecule has 0 aromatic carbocycles. The zero-order valence-corrected chi connectivity index (χ0v) is 59.1. The molecule has 0 aromatic heterocycles. The minimum atomic E-state index is -4.95. The van der Waals surface area contributed by atoms with Crippen LogP contribution in [0, 0.1) is 23.7 Å². The van der Waals surface area contributed by atoms with E-state index in [-0.39, 0.29) is 25.7 Å². The molecule has 0 aliphatic rings. The highest BCUT2D eigenvalue weighted by molar-refractivity contribution is 7.47. The fraction of sp³-hybridized carbons (Fsp3) is 0.942. The van der Waals surface area contributed by atoms with Crippen molar-refractivity contribution in [2.24, 2.45) is 23.7 Å². The van der Waals surface area contributed by atoms with Crippen molar-refractivity contribution in [3.8, 4) is 0 Å². The number of aliphatic hydroxyl groups excluding tert-OH is 1. The normalized spacial score (nSPS) is 14.6. The van der Waals surface area contributed by atoms with Crippen LogP contribution in [0.5, 0.6) is 0 Å². The van der Waals surface area contributed by atoms with E-state index in [1.165, 1.54) is 135 Å². The second-order valence-corrected chi connectivity index (χ2v) is 29.5. The molecule has 0 saturated heterocycles. The van der Waals surface area contributed by atoms with E-state index in [1.54, 1.807) is 0 Å². The molecule has 0 saturated carbocycles. The van der Waals surface area contributed by atoms with Crippen molar-refractivity contribution >= 4 is 39.5 Å². The first kappa shape index (κ1) is 86.1. The largest absolute Gasteiger partial charge is 0.472 e.